The number of rotatable bonds is 5. The largest absolute Gasteiger partial charge is 0.355 e. The number of hydrogen-bond donors (Lipinski definition) is 4. The van der Waals surface area contributed by atoms with Crippen LogP contribution in [0.25, 0.3) is 44.5 Å². The Balaban J connectivity index is 1.40. The van der Waals surface area contributed by atoms with Crippen LogP contribution in [0.4, 0.5) is 5.69 Å². The summed E-state index contributed by atoms with van der Waals surface area (Å²) in [6, 6.07) is 11.4. The molecule has 0 aliphatic heterocycles. The minimum Gasteiger partial charge on any atom is -0.355 e. The van der Waals surface area contributed by atoms with Gasteiger partial charge in [-0.3, -0.25) is 19.7 Å². The van der Waals surface area contributed by atoms with Crippen LogP contribution in [-0.4, -0.2) is 44.0 Å². The van der Waals surface area contributed by atoms with Crippen LogP contribution < -0.4 is 10.6 Å². The van der Waals surface area contributed by atoms with Crippen LogP contribution in [-0.2, 0) is 4.79 Å². The lowest BCUT2D eigenvalue weighted by atomic mass is 10.1. The van der Waals surface area contributed by atoms with Crippen molar-refractivity contribution in [2.75, 3.05) is 12.4 Å². The van der Waals surface area contributed by atoms with Crippen molar-refractivity contribution < 1.29 is 9.59 Å². The molecule has 0 saturated heterocycles. The highest BCUT2D eigenvalue weighted by atomic mass is 16.2. The third kappa shape index (κ3) is 3.47. The Morgan fingerprint density at radius 3 is 2.71 bits per heavy atom. The van der Waals surface area contributed by atoms with Crippen molar-refractivity contribution in [3.05, 3.63) is 60.6 Å². The van der Waals surface area contributed by atoms with Crippen LogP contribution >= 0.6 is 0 Å². The van der Waals surface area contributed by atoms with Gasteiger partial charge in [-0.05, 0) is 43.2 Å². The van der Waals surface area contributed by atoms with Crippen LogP contribution in [0, 0.1) is 5.92 Å². The zero-order valence-electron chi connectivity index (χ0n) is 18.3. The molecule has 1 aromatic carbocycles. The van der Waals surface area contributed by atoms with Gasteiger partial charge in [0.15, 0.2) is 5.65 Å². The predicted molar refractivity (Wildman–Crippen MR) is 129 cm³/mol. The quantitative estimate of drug-likeness (QED) is 0.322. The van der Waals surface area contributed by atoms with Gasteiger partial charge >= 0.3 is 0 Å². The molecule has 0 atom stereocenters. The second-order valence-corrected chi connectivity index (χ2v) is 8.45. The summed E-state index contributed by atoms with van der Waals surface area (Å²) in [7, 11) is 1.62. The summed E-state index contributed by atoms with van der Waals surface area (Å²) in [4.78, 5) is 36.6. The van der Waals surface area contributed by atoms with Crippen molar-refractivity contribution >= 4 is 39.4 Å². The SMILES string of the molecule is CNC(=O)c1cccc2[nH]c(-c3n[nH]c4ncc(-c5cncc(NC(=O)C6CC6)c5)cc34)cc12. The monoisotopic (exact) mass is 451 g/mol. The summed E-state index contributed by atoms with van der Waals surface area (Å²) in [5, 5.41) is 14.7. The highest BCUT2D eigenvalue weighted by molar-refractivity contribution is 6.08. The zero-order chi connectivity index (χ0) is 23.2. The lowest BCUT2D eigenvalue weighted by molar-refractivity contribution is -0.117. The van der Waals surface area contributed by atoms with E-state index < -0.39 is 0 Å². The molecular formula is C25H21N7O2. The van der Waals surface area contributed by atoms with Crippen LogP contribution in [0.5, 0.6) is 0 Å². The molecule has 1 aliphatic rings. The fraction of sp³-hybridized carbons (Fsp3) is 0.160. The number of nitrogens with zero attached hydrogens (tertiary/aromatic N) is 3. The van der Waals surface area contributed by atoms with E-state index in [0.717, 1.165) is 46.0 Å². The van der Waals surface area contributed by atoms with Gasteiger partial charge < -0.3 is 15.6 Å². The van der Waals surface area contributed by atoms with E-state index in [1.54, 1.807) is 31.7 Å². The number of aromatic amines is 2. The van der Waals surface area contributed by atoms with E-state index in [0.29, 0.717) is 22.6 Å². The van der Waals surface area contributed by atoms with E-state index in [4.69, 9.17) is 0 Å². The Hall–Kier alpha value is -4.53. The van der Waals surface area contributed by atoms with Crippen molar-refractivity contribution in [2.45, 2.75) is 12.8 Å². The van der Waals surface area contributed by atoms with E-state index in [2.05, 4.69) is 35.8 Å². The third-order valence-corrected chi connectivity index (χ3v) is 6.09. The fourth-order valence-corrected chi connectivity index (χ4v) is 4.14. The van der Waals surface area contributed by atoms with Crippen molar-refractivity contribution in [2.24, 2.45) is 5.92 Å². The molecule has 4 heterocycles. The Morgan fingerprint density at radius 2 is 1.88 bits per heavy atom. The smallest absolute Gasteiger partial charge is 0.251 e. The number of benzene rings is 1. The molecule has 1 saturated carbocycles. The van der Waals surface area contributed by atoms with Crippen LogP contribution in [0.15, 0.2) is 55.0 Å². The highest BCUT2D eigenvalue weighted by Crippen LogP contribution is 2.33. The molecule has 0 unspecified atom stereocenters. The topological polar surface area (TPSA) is 128 Å². The molecule has 6 rings (SSSR count). The van der Waals surface area contributed by atoms with Gasteiger partial charge in [-0.15, -0.1) is 0 Å². The maximum atomic E-state index is 12.3. The number of hydrogen-bond acceptors (Lipinski definition) is 5. The first-order chi connectivity index (χ1) is 16.6. The molecule has 4 N–H and O–H groups in total. The number of nitrogens with one attached hydrogen (secondary N) is 4. The highest BCUT2D eigenvalue weighted by Gasteiger charge is 2.29. The number of amides is 2. The zero-order valence-corrected chi connectivity index (χ0v) is 18.3. The Kier molecular flexibility index (Phi) is 4.61. The number of fused-ring (bicyclic) bond motifs is 2. The van der Waals surface area contributed by atoms with Crippen molar-refractivity contribution in [3.8, 4) is 22.5 Å². The first kappa shape index (κ1) is 20.1. The van der Waals surface area contributed by atoms with Gasteiger partial charge in [0.05, 0.1) is 17.6 Å². The summed E-state index contributed by atoms with van der Waals surface area (Å²) < 4.78 is 0. The molecule has 9 nitrogen and oxygen atoms in total. The van der Waals surface area contributed by atoms with Gasteiger partial charge in [-0.1, -0.05) is 6.07 Å². The predicted octanol–water partition coefficient (Wildman–Crippen LogP) is 3.88. The van der Waals surface area contributed by atoms with Crippen molar-refractivity contribution in [1.29, 1.82) is 0 Å². The molecule has 34 heavy (non-hydrogen) atoms. The fourth-order valence-electron chi connectivity index (χ4n) is 4.14. The molecule has 4 aromatic heterocycles. The lowest BCUT2D eigenvalue weighted by Crippen LogP contribution is -2.17. The third-order valence-electron chi connectivity index (χ3n) is 6.09. The van der Waals surface area contributed by atoms with Crippen LogP contribution in [0.2, 0.25) is 0 Å². The molecule has 0 radical (unpaired) electrons. The van der Waals surface area contributed by atoms with Gasteiger partial charge in [0.2, 0.25) is 5.91 Å². The van der Waals surface area contributed by atoms with E-state index in [-0.39, 0.29) is 17.7 Å². The molecule has 1 aliphatic carbocycles. The lowest BCUT2D eigenvalue weighted by Gasteiger charge is -2.07. The summed E-state index contributed by atoms with van der Waals surface area (Å²) in [5.74, 6) is 0.0168. The van der Waals surface area contributed by atoms with Crippen LogP contribution in [0.3, 0.4) is 0 Å². The summed E-state index contributed by atoms with van der Waals surface area (Å²) in [6.45, 7) is 0. The van der Waals surface area contributed by atoms with Crippen molar-refractivity contribution in [1.82, 2.24) is 30.5 Å². The average Bonchev–Trinajstić information content (AvgIpc) is 3.49. The second-order valence-electron chi connectivity index (χ2n) is 8.45. The molecule has 0 spiro atoms. The summed E-state index contributed by atoms with van der Waals surface area (Å²) in [5.41, 5.74) is 5.93. The maximum absolute atomic E-state index is 12.3. The average molecular weight is 451 g/mol. The number of pyridine rings is 2. The number of anilines is 1. The molecule has 5 aromatic rings. The minimum absolute atomic E-state index is 0.0413. The molecule has 1 fully saturated rings. The molecule has 0 bridgehead atoms. The molecular weight excluding hydrogens is 430 g/mol. The van der Waals surface area contributed by atoms with E-state index in [1.807, 2.05) is 30.3 Å². The summed E-state index contributed by atoms with van der Waals surface area (Å²) >= 11 is 0. The Bertz CT molecular complexity index is 1580. The van der Waals surface area contributed by atoms with Crippen molar-refractivity contribution in [3.63, 3.8) is 0 Å². The first-order valence-electron chi connectivity index (χ1n) is 11.1. The standard InChI is InChI=1S/C25H21N7O2/c1-26-25(34)17-3-2-4-20-18(17)9-21(30-20)22-19-8-15(11-28-23(19)32-31-22)14-7-16(12-27-10-14)29-24(33)13-5-6-13/h2-4,7-13,30H,5-6H2,1H3,(H,26,34)(H,29,33)(H,28,31,32). The number of carbonyl (C=O) groups is 2. The van der Waals surface area contributed by atoms with E-state index in [9.17, 15) is 9.59 Å². The second kappa shape index (κ2) is 7.80. The summed E-state index contributed by atoms with van der Waals surface area (Å²) in [6.07, 6.45) is 7.03. The molecule has 9 heteroatoms. The van der Waals surface area contributed by atoms with Gasteiger partial charge in [0.1, 0.15) is 5.69 Å². The number of carbonyl (C=O) groups excluding carboxylic acids is 2. The van der Waals surface area contributed by atoms with E-state index >= 15 is 0 Å². The Morgan fingerprint density at radius 1 is 1.03 bits per heavy atom. The molecule has 2 amide bonds. The first-order valence-corrected chi connectivity index (χ1v) is 11.1. The van der Waals surface area contributed by atoms with Gasteiger partial charge in [-0.2, -0.15) is 5.10 Å². The minimum atomic E-state index is -0.145. The van der Waals surface area contributed by atoms with E-state index in [1.165, 1.54) is 0 Å². The normalized spacial score (nSPS) is 13.3. The Labute approximate surface area is 194 Å². The maximum Gasteiger partial charge on any atom is 0.251 e. The number of H-pyrrole nitrogens is 2. The molecule has 168 valence electrons. The number of aromatic nitrogens is 5. The van der Waals surface area contributed by atoms with Gasteiger partial charge in [-0.25, -0.2) is 4.98 Å². The van der Waals surface area contributed by atoms with Gasteiger partial charge in [0.25, 0.3) is 5.91 Å². The van der Waals surface area contributed by atoms with Gasteiger partial charge in [0, 0.05) is 58.3 Å². The van der Waals surface area contributed by atoms with Crippen LogP contribution in [0.1, 0.15) is 23.2 Å².